The molecule has 19 heteroatoms. The minimum Gasteiger partial charge on any atom is -0.507 e. The first-order chi connectivity index (χ1) is 32.6. The number of rotatable bonds is 6. The number of allylic oxidation sites excluding steroid dienone is 4. The van der Waals surface area contributed by atoms with Crippen LogP contribution in [0.15, 0.2) is 52.5 Å². The van der Waals surface area contributed by atoms with E-state index in [0.717, 1.165) is 6.54 Å². The third-order valence-electron chi connectivity index (χ3n) is 14.5. The van der Waals surface area contributed by atoms with Crippen LogP contribution >= 0.6 is 22.6 Å². The molecule has 376 valence electrons. The number of methoxy groups -OCH3 is 1. The monoisotopic (exact) mass is 1070 g/mol. The minimum atomic E-state index is -2.03. The lowest BCUT2D eigenvalue weighted by molar-refractivity contribution is -0.166. The topological polar surface area (TPSA) is 235 Å². The smallest absolute Gasteiger partial charge is 0.315 e. The largest absolute Gasteiger partial charge is 0.507 e. The minimum absolute atomic E-state index is 0.000912. The van der Waals surface area contributed by atoms with Crippen molar-refractivity contribution in [3.05, 3.63) is 69.8 Å². The molecule has 10 atom stereocenters. The molecule has 1 unspecified atom stereocenters. The van der Waals surface area contributed by atoms with Crippen LogP contribution < -0.4 is 15.4 Å². The highest BCUT2D eigenvalue weighted by atomic mass is 127. The number of likely N-dealkylation sites (tertiary alicyclic amines) is 1. The average molecular weight is 1070 g/mol. The number of aromatic hydroxyl groups is 1. The number of phenolic OH excluding ortho intramolecular Hbond substituents is 1. The molecule has 6 aliphatic heterocycles. The fourth-order valence-electron chi connectivity index (χ4n) is 10.2. The molecule has 0 radical (unpaired) electrons. The number of morpholine rings is 1. The van der Waals surface area contributed by atoms with Gasteiger partial charge < -0.3 is 59.4 Å². The Morgan fingerprint density at radius 1 is 0.957 bits per heavy atom. The van der Waals surface area contributed by atoms with Gasteiger partial charge in [-0.15, -0.1) is 0 Å². The molecule has 1 aromatic rings. The number of alkyl halides is 1. The third-order valence-corrected chi connectivity index (χ3v) is 14.9. The maximum atomic E-state index is 14.9. The number of hydrogen-bond donors (Lipinski definition) is 5. The van der Waals surface area contributed by atoms with E-state index in [-0.39, 0.29) is 50.7 Å². The van der Waals surface area contributed by atoms with E-state index in [2.05, 4.69) is 45.0 Å². The molecule has 8 rings (SSSR count). The molecule has 0 saturated carbocycles. The molecule has 5 bridgehead atoms. The second-order valence-corrected chi connectivity index (χ2v) is 21.6. The summed E-state index contributed by atoms with van der Waals surface area (Å²) in [5, 5.41) is 41.6. The Hall–Kier alpha value is -4.67. The fraction of sp³-hybridized carbons (Fsp3) is 0.600. The van der Waals surface area contributed by atoms with Crippen LogP contribution in [-0.4, -0.2) is 153 Å². The van der Waals surface area contributed by atoms with Crippen molar-refractivity contribution in [3.8, 4) is 11.5 Å². The van der Waals surface area contributed by atoms with Crippen LogP contribution in [0, 0.1) is 30.6 Å². The van der Waals surface area contributed by atoms with Crippen molar-refractivity contribution in [3.63, 3.8) is 0 Å². The first-order valence-electron chi connectivity index (χ1n) is 23.7. The number of ether oxygens (including phenoxy) is 5. The van der Waals surface area contributed by atoms with E-state index in [4.69, 9.17) is 28.7 Å². The van der Waals surface area contributed by atoms with Crippen molar-refractivity contribution in [2.45, 2.75) is 114 Å². The average Bonchev–Trinajstić information content (AvgIpc) is 3.82. The molecule has 2 saturated heterocycles. The number of Topliss-reactive ketones (excluding diaryl/α,β-unsaturated/α-hetero) is 2. The van der Waals surface area contributed by atoms with E-state index < -0.39 is 101 Å². The maximum Gasteiger partial charge on any atom is 0.315 e. The second-order valence-electron chi connectivity index (χ2n) is 19.5. The molecule has 5 N–H and O–H groups in total. The summed E-state index contributed by atoms with van der Waals surface area (Å²) in [5.41, 5.74) is -0.418. The van der Waals surface area contributed by atoms with Gasteiger partial charge in [-0.25, -0.2) is 0 Å². The van der Waals surface area contributed by atoms with E-state index in [1.807, 2.05) is 0 Å². The zero-order valence-corrected chi connectivity index (χ0v) is 43.0. The predicted molar refractivity (Wildman–Crippen MR) is 262 cm³/mol. The van der Waals surface area contributed by atoms with Crippen molar-refractivity contribution in [1.29, 1.82) is 0 Å². The lowest BCUT2D eigenvalue weighted by Gasteiger charge is -2.38. The number of ketones is 2. The zero-order valence-electron chi connectivity index (χ0n) is 40.8. The molecule has 6 heterocycles. The summed E-state index contributed by atoms with van der Waals surface area (Å²) in [5.74, 6) is -8.56. The molecule has 1 aromatic carbocycles. The number of aliphatic hydroxyl groups is 2. The van der Waals surface area contributed by atoms with E-state index in [9.17, 15) is 39.3 Å². The van der Waals surface area contributed by atoms with Gasteiger partial charge in [-0.2, -0.15) is 0 Å². The number of nitrogens with one attached hydrogen (secondary N) is 2. The Morgan fingerprint density at radius 3 is 2.29 bits per heavy atom. The predicted octanol–water partition coefficient (Wildman–Crippen LogP) is 4.01. The normalized spacial score (nSPS) is 33.0. The Labute approximate surface area is 416 Å². The molecular weight excluding hydrogens is 1010 g/mol. The number of aliphatic hydroxyl groups excluding tert-OH is 2. The number of halogens is 1. The molecule has 2 amide bonds. The standard InChI is InChI=1S/C50H66IN5O13/c1-25-11-10-12-26(2)48(64)52-40-39-38(53-50(54-39)14-16-55(17-15-50)24-27(3)51)35-36(44(40)62)43(61)31(7)46-37(35)47(63)49(8,69-46)67-20-13-32(65-9)28(4)45(30(6)42(60)29(5)41(25)59)68-34(58)23-33(57)56-18-21-66-22-19-56/h10-13,20,25,27-30,32,41-42,45,54,59-61H,14-19,21-24H2,1-9H3,(H,52,64)/b11-10+,20-13+,26-12-/t25-,27?,28+,29+,30+,32-,41-,42+,45+,49-/m0/s1. The number of esters is 1. The number of fused-ring (bicyclic) bond motifs is 13. The van der Waals surface area contributed by atoms with Crippen LogP contribution in [0.1, 0.15) is 99.6 Å². The molecule has 1 spiro atoms. The Kier molecular flexibility index (Phi) is 15.8. The van der Waals surface area contributed by atoms with Gasteiger partial charge in [0, 0.05) is 104 Å². The van der Waals surface area contributed by atoms with Gasteiger partial charge in [0.05, 0.1) is 60.3 Å². The summed E-state index contributed by atoms with van der Waals surface area (Å²) >= 11 is 2.39. The van der Waals surface area contributed by atoms with E-state index >= 15 is 0 Å². The number of phenols is 1. The van der Waals surface area contributed by atoms with E-state index in [0.29, 0.717) is 56.2 Å². The van der Waals surface area contributed by atoms with Crippen LogP contribution in [0.2, 0.25) is 0 Å². The summed E-state index contributed by atoms with van der Waals surface area (Å²) in [7, 11) is 1.43. The van der Waals surface area contributed by atoms with Gasteiger partial charge in [0.15, 0.2) is 0 Å². The van der Waals surface area contributed by atoms with Gasteiger partial charge in [-0.3, -0.25) is 29.0 Å². The molecule has 69 heavy (non-hydrogen) atoms. The SMILES string of the molecule is CO[C@H]1/C=C/O[C@@]2(C)Oc3c(C)c(O)c4c(c3C2=O)C2=NC3(CCN(CC(C)I)CC3)NC2=C(NC(=O)/C(C)=C\C=C\[C@H](C)[C@H](O)[C@@H](C)[C@@H](O)[C@@H](C)[C@H](OC(=O)CC(=O)N2CCOCC2)[C@@H]1C)C4=O. The highest BCUT2D eigenvalue weighted by molar-refractivity contribution is 14.1. The van der Waals surface area contributed by atoms with Crippen LogP contribution in [0.3, 0.4) is 0 Å². The van der Waals surface area contributed by atoms with Crippen LogP contribution in [-0.2, 0) is 33.3 Å². The number of nitrogens with zero attached hydrogens (tertiary/aromatic N) is 3. The first kappa shape index (κ1) is 52.2. The van der Waals surface area contributed by atoms with Crippen molar-refractivity contribution in [1.82, 2.24) is 20.4 Å². The van der Waals surface area contributed by atoms with Crippen molar-refractivity contribution < 1.29 is 63.0 Å². The molecule has 2 fully saturated rings. The van der Waals surface area contributed by atoms with Gasteiger partial charge in [0.25, 0.3) is 11.7 Å². The number of piperidine rings is 1. The van der Waals surface area contributed by atoms with Crippen molar-refractivity contribution in [2.24, 2.45) is 28.7 Å². The van der Waals surface area contributed by atoms with Gasteiger partial charge >= 0.3 is 11.8 Å². The van der Waals surface area contributed by atoms with Crippen LogP contribution in [0.25, 0.3) is 0 Å². The number of aliphatic imine (C=N–C) groups is 1. The number of hydrogen-bond acceptors (Lipinski definition) is 16. The summed E-state index contributed by atoms with van der Waals surface area (Å²) < 4.78 is 30.2. The van der Waals surface area contributed by atoms with Crippen molar-refractivity contribution >= 4 is 57.7 Å². The first-order valence-corrected chi connectivity index (χ1v) is 25.0. The lowest BCUT2D eigenvalue weighted by Crippen LogP contribution is -2.51. The summed E-state index contributed by atoms with van der Waals surface area (Å²) in [6.07, 6.45) is 3.82. The van der Waals surface area contributed by atoms with E-state index in [1.165, 1.54) is 44.3 Å². The summed E-state index contributed by atoms with van der Waals surface area (Å²) in [6, 6.07) is 0. The molecule has 1 aliphatic carbocycles. The third kappa shape index (κ3) is 10.4. The lowest BCUT2D eigenvalue weighted by atomic mass is 9.78. The summed E-state index contributed by atoms with van der Waals surface area (Å²) in [4.78, 5) is 79.5. The van der Waals surface area contributed by atoms with Gasteiger partial charge in [0.2, 0.25) is 11.7 Å². The van der Waals surface area contributed by atoms with Gasteiger partial charge in [-0.1, -0.05) is 75.4 Å². The zero-order chi connectivity index (χ0) is 50.3. The number of benzene rings is 1. The van der Waals surface area contributed by atoms with Gasteiger partial charge in [-0.05, 0) is 19.9 Å². The number of carbonyl (C=O) groups is 5. The highest BCUT2D eigenvalue weighted by Gasteiger charge is 2.54. The van der Waals surface area contributed by atoms with Crippen molar-refractivity contribution in [2.75, 3.05) is 53.0 Å². The highest BCUT2D eigenvalue weighted by Crippen LogP contribution is 2.50. The number of carbonyl (C=O) groups excluding carboxylic acids is 5. The summed E-state index contributed by atoms with van der Waals surface area (Å²) in [6.45, 7) is 17.2. The Balaban J connectivity index is 1.29. The van der Waals surface area contributed by atoms with Crippen LogP contribution in [0.4, 0.5) is 0 Å². The Bertz CT molecular complexity index is 2380. The quantitative estimate of drug-likeness (QED) is 0.117. The Morgan fingerprint density at radius 2 is 1.64 bits per heavy atom. The van der Waals surface area contributed by atoms with Gasteiger partial charge in [0.1, 0.15) is 35.4 Å². The molecule has 0 aromatic heterocycles. The van der Waals surface area contributed by atoms with E-state index in [1.54, 1.807) is 46.8 Å². The number of amides is 2. The molecule has 7 aliphatic rings. The van der Waals surface area contributed by atoms with Crippen LogP contribution in [0.5, 0.6) is 11.5 Å². The molecular formula is C50H66IN5O13. The fourth-order valence-corrected chi connectivity index (χ4v) is 10.7. The molecule has 18 nitrogen and oxygen atoms in total. The maximum absolute atomic E-state index is 14.9. The second kappa shape index (κ2) is 21.0.